The second-order valence-electron chi connectivity index (χ2n) is 19.0. The Labute approximate surface area is 277 Å². The molecular formula is C39H63NO6. The van der Waals surface area contributed by atoms with E-state index in [2.05, 4.69) is 25.7 Å². The zero-order valence-electron chi connectivity index (χ0n) is 29.5. The molecule has 10 unspecified atom stereocenters. The molecule has 0 aromatic carbocycles. The maximum atomic E-state index is 13.3. The molecule has 0 bridgehead atoms. The first-order valence-electron chi connectivity index (χ1n) is 19.4. The van der Waals surface area contributed by atoms with E-state index >= 15 is 0 Å². The molecule has 2 aliphatic heterocycles. The van der Waals surface area contributed by atoms with Crippen molar-refractivity contribution in [2.75, 3.05) is 19.7 Å². The van der Waals surface area contributed by atoms with Crippen LogP contribution in [0.4, 0.5) is 0 Å². The van der Waals surface area contributed by atoms with Gasteiger partial charge < -0.3 is 29.3 Å². The summed E-state index contributed by atoms with van der Waals surface area (Å²) in [5, 5.41) is 21.4. The summed E-state index contributed by atoms with van der Waals surface area (Å²) in [6, 6.07) is 0. The molecule has 1 amide bonds. The van der Waals surface area contributed by atoms with Crippen LogP contribution in [0.5, 0.6) is 0 Å². The lowest BCUT2D eigenvalue weighted by molar-refractivity contribution is -0.245. The molecule has 2 spiro atoms. The summed E-state index contributed by atoms with van der Waals surface area (Å²) in [6.07, 6.45) is 16.9. The molecule has 0 radical (unpaired) electrons. The Bertz CT molecular complexity index is 1180. The zero-order chi connectivity index (χ0) is 32.3. The van der Waals surface area contributed by atoms with Gasteiger partial charge in [-0.3, -0.25) is 4.79 Å². The predicted molar refractivity (Wildman–Crippen MR) is 176 cm³/mol. The van der Waals surface area contributed by atoms with Gasteiger partial charge in [0.2, 0.25) is 5.91 Å². The van der Waals surface area contributed by atoms with Gasteiger partial charge in [-0.1, -0.05) is 40.0 Å². The molecule has 12 atom stereocenters. The van der Waals surface area contributed by atoms with E-state index in [0.29, 0.717) is 59.6 Å². The SMILES string of the molecule is CC12CCC34CC35CC[C@H](OC3CN(C(=O)C6CCCCC6)CCO3)C(C)(C)C5CCC4C1CC1OC([C@H](O)C(C)(C)O)CCC12. The Morgan fingerprint density at radius 2 is 1.67 bits per heavy atom. The summed E-state index contributed by atoms with van der Waals surface area (Å²) >= 11 is 0. The van der Waals surface area contributed by atoms with Crippen LogP contribution in [0.15, 0.2) is 0 Å². The molecule has 8 aliphatic rings. The normalized spacial score (nSPS) is 49.2. The number of hydrogen-bond acceptors (Lipinski definition) is 6. The van der Waals surface area contributed by atoms with Crippen molar-refractivity contribution in [2.24, 2.45) is 51.2 Å². The summed E-state index contributed by atoms with van der Waals surface area (Å²) in [6.45, 7) is 12.8. The largest absolute Gasteiger partial charge is 0.388 e. The Hall–Kier alpha value is -0.730. The van der Waals surface area contributed by atoms with E-state index in [1.54, 1.807) is 13.8 Å². The highest BCUT2D eigenvalue weighted by atomic mass is 16.7. The Balaban J connectivity index is 0.942. The molecule has 7 heteroatoms. The summed E-state index contributed by atoms with van der Waals surface area (Å²) in [4.78, 5) is 15.4. The van der Waals surface area contributed by atoms with Crippen LogP contribution in [0, 0.1) is 51.2 Å². The Morgan fingerprint density at radius 1 is 0.913 bits per heavy atom. The van der Waals surface area contributed by atoms with Crippen LogP contribution in [0.3, 0.4) is 0 Å². The van der Waals surface area contributed by atoms with Crippen molar-refractivity contribution in [1.82, 2.24) is 4.90 Å². The molecule has 7 nitrogen and oxygen atoms in total. The van der Waals surface area contributed by atoms with Gasteiger partial charge in [-0.2, -0.15) is 0 Å². The maximum Gasteiger partial charge on any atom is 0.225 e. The van der Waals surface area contributed by atoms with E-state index in [1.807, 2.05) is 0 Å². The van der Waals surface area contributed by atoms with Crippen molar-refractivity contribution >= 4 is 5.91 Å². The topological polar surface area (TPSA) is 88.5 Å². The van der Waals surface area contributed by atoms with E-state index in [1.165, 1.54) is 57.8 Å². The molecule has 2 saturated heterocycles. The smallest absolute Gasteiger partial charge is 0.225 e. The lowest BCUT2D eigenvalue weighted by Crippen LogP contribution is -2.56. The lowest BCUT2D eigenvalue weighted by Gasteiger charge is -2.60. The average Bonchev–Trinajstić information content (AvgIpc) is 3.61. The minimum Gasteiger partial charge on any atom is -0.388 e. The van der Waals surface area contributed by atoms with Crippen LogP contribution in [0.1, 0.15) is 131 Å². The van der Waals surface area contributed by atoms with Gasteiger partial charge in [0.1, 0.15) is 6.10 Å². The van der Waals surface area contributed by atoms with Gasteiger partial charge in [-0.25, -0.2) is 0 Å². The number of hydrogen-bond donors (Lipinski definition) is 2. The number of morpholine rings is 1. The highest BCUT2D eigenvalue weighted by molar-refractivity contribution is 5.79. The number of fused-ring (bicyclic) bond motifs is 4. The molecule has 0 aromatic rings. The fraction of sp³-hybridized carbons (Fsp3) is 0.974. The van der Waals surface area contributed by atoms with Crippen molar-refractivity contribution in [3.8, 4) is 0 Å². The van der Waals surface area contributed by atoms with Crippen molar-refractivity contribution in [2.45, 2.75) is 167 Å². The molecule has 2 heterocycles. The number of aliphatic hydroxyl groups is 2. The van der Waals surface area contributed by atoms with Gasteiger partial charge in [-0.05, 0) is 136 Å². The van der Waals surface area contributed by atoms with E-state index in [9.17, 15) is 15.0 Å². The second-order valence-corrected chi connectivity index (χ2v) is 19.0. The third-order valence-corrected chi connectivity index (χ3v) is 16.3. The number of nitrogens with zero attached hydrogens (tertiary/aromatic N) is 1. The van der Waals surface area contributed by atoms with Crippen LogP contribution < -0.4 is 0 Å². The average molecular weight is 642 g/mol. The monoisotopic (exact) mass is 641 g/mol. The summed E-state index contributed by atoms with van der Waals surface area (Å²) in [7, 11) is 0. The summed E-state index contributed by atoms with van der Waals surface area (Å²) in [5.41, 5.74) is 0.203. The quantitative estimate of drug-likeness (QED) is 0.358. The molecule has 8 fully saturated rings. The molecule has 2 N–H and O–H groups in total. The Kier molecular flexibility index (Phi) is 7.86. The van der Waals surface area contributed by atoms with Gasteiger partial charge in [0.25, 0.3) is 0 Å². The number of amides is 1. The molecule has 260 valence electrons. The molecule has 6 saturated carbocycles. The van der Waals surface area contributed by atoms with E-state index in [0.717, 1.165) is 44.4 Å². The third kappa shape index (κ3) is 4.77. The van der Waals surface area contributed by atoms with Crippen molar-refractivity contribution in [3.05, 3.63) is 0 Å². The number of aliphatic hydroxyl groups excluding tert-OH is 1. The van der Waals surface area contributed by atoms with Crippen molar-refractivity contribution in [3.63, 3.8) is 0 Å². The van der Waals surface area contributed by atoms with Crippen molar-refractivity contribution in [1.29, 1.82) is 0 Å². The molecule has 6 aliphatic carbocycles. The van der Waals surface area contributed by atoms with Crippen molar-refractivity contribution < 1.29 is 29.2 Å². The van der Waals surface area contributed by atoms with E-state index in [4.69, 9.17) is 14.2 Å². The maximum absolute atomic E-state index is 13.3. The van der Waals surface area contributed by atoms with Gasteiger partial charge >= 0.3 is 0 Å². The number of carbonyl (C=O) groups excluding carboxylic acids is 1. The number of ether oxygens (including phenoxy) is 3. The van der Waals surface area contributed by atoms with Crippen LogP contribution in [-0.2, 0) is 19.0 Å². The molecule has 46 heavy (non-hydrogen) atoms. The fourth-order valence-electron chi connectivity index (χ4n) is 13.9. The molecular weight excluding hydrogens is 578 g/mol. The minimum absolute atomic E-state index is 0.0831. The van der Waals surface area contributed by atoms with E-state index in [-0.39, 0.29) is 35.9 Å². The highest BCUT2D eigenvalue weighted by Crippen LogP contribution is 2.87. The van der Waals surface area contributed by atoms with Gasteiger partial charge in [0.15, 0.2) is 6.29 Å². The van der Waals surface area contributed by atoms with Crippen LogP contribution in [0.2, 0.25) is 0 Å². The first kappa shape index (κ1) is 32.5. The second kappa shape index (κ2) is 11.1. The number of carbonyl (C=O) groups is 1. The lowest BCUT2D eigenvalue weighted by atomic mass is 9.46. The van der Waals surface area contributed by atoms with Crippen LogP contribution in [-0.4, -0.2) is 77.0 Å². The minimum atomic E-state index is -1.14. The van der Waals surface area contributed by atoms with E-state index < -0.39 is 11.7 Å². The van der Waals surface area contributed by atoms with Gasteiger partial charge in [0, 0.05) is 12.5 Å². The number of rotatable bonds is 5. The van der Waals surface area contributed by atoms with Gasteiger partial charge in [-0.15, -0.1) is 0 Å². The zero-order valence-corrected chi connectivity index (χ0v) is 29.5. The molecule has 8 rings (SSSR count). The van der Waals surface area contributed by atoms with Crippen LogP contribution >= 0.6 is 0 Å². The Morgan fingerprint density at radius 3 is 2.43 bits per heavy atom. The van der Waals surface area contributed by atoms with Crippen LogP contribution in [0.25, 0.3) is 0 Å². The first-order chi connectivity index (χ1) is 21.8. The summed E-state index contributed by atoms with van der Waals surface area (Å²) < 4.78 is 19.8. The standard InChI is InChI=1S/C39H63NO6/c1-35(2)30-14-12-25-27-21-29-26(11-13-28(45-29)33(41)36(3,4)43)37(27,5)17-18-38(25)23-39(30,38)16-15-31(35)46-32-22-40(19-20-44-32)34(42)24-9-7-6-8-10-24/h24-33,41,43H,6-23H2,1-5H3/t25?,26?,27?,28?,29?,30?,31-,32?,33-,37?,38?,39?/m0/s1. The fourth-order valence-corrected chi connectivity index (χ4v) is 13.9. The first-order valence-corrected chi connectivity index (χ1v) is 19.4. The van der Waals surface area contributed by atoms with Gasteiger partial charge in [0.05, 0.1) is 37.1 Å². The third-order valence-electron chi connectivity index (χ3n) is 16.3. The molecule has 0 aromatic heterocycles. The summed E-state index contributed by atoms with van der Waals surface area (Å²) in [5.74, 6) is 3.27. The predicted octanol–water partition coefficient (Wildman–Crippen LogP) is 6.48. The highest BCUT2D eigenvalue weighted by Gasteiger charge is 2.80.